The fraction of sp³-hybridized carbons (Fsp3) is 0.154. The summed E-state index contributed by atoms with van der Waals surface area (Å²) in [5.41, 5.74) is -4.53. The molecule has 1 heterocycles. The first-order valence-corrected chi connectivity index (χ1v) is 7.81. The third kappa shape index (κ3) is 4.50. The van der Waals surface area contributed by atoms with Crippen LogP contribution in [0.3, 0.4) is 0 Å². The topological polar surface area (TPSA) is 79.9 Å². The number of hydrogen-bond acceptors (Lipinski definition) is 5. The fourth-order valence-electron chi connectivity index (χ4n) is 1.80. The summed E-state index contributed by atoms with van der Waals surface area (Å²) in [5, 5.41) is 15.0. The van der Waals surface area contributed by atoms with Gasteiger partial charge in [0.15, 0.2) is 5.82 Å². The molecule has 0 radical (unpaired) electrons. The van der Waals surface area contributed by atoms with Gasteiger partial charge in [-0.2, -0.15) is 23.5 Å². The Morgan fingerprint density at radius 2 is 2.00 bits per heavy atom. The normalized spacial score (nSPS) is 11.1. The lowest BCUT2D eigenvalue weighted by molar-refractivity contribution is -0.0328. The SMILES string of the molecule is COC(=O)Nc1c(C#N)cnn1-c1c(Cl)cc(SC(F)(F)F)cc1Cl. The molecule has 0 aliphatic carbocycles. The van der Waals surface area contributed by atoms with Gasteiger partial charge >= 0.3 is 11.6 Å². The quantitative estimate of drug-likeness (QED) is 0.732. The molecule has 2 aromatic rings. The number of rotatable bonds is 3. The Labute approximate surface area is 153 Å². The summed E-state index contributed by atoms with van der Waals surface area (Å²) >= 11 is 11.7. The van der Waals surface area contributed by atoms with Crippen molar-refractivity contribution in [2.75, 3.05) is 12.4 Å². The lowest BCUT2D eigenvalue weighted by atomic mass is 10.3. The molecule has 0 bridgehead atoms. The summed E-state index contributed by atoms with van der Waals surface area (Å²) in [6.07, 6.45) is 0.255. The number of thioether (sulfide) groups is 1. The highest BCUT2D eigenvalue weighted by molar-refractivity contribution is 8.00. The molecule has 1 aromatic heterocycles. The van der Waals surface area contributed by atoms with Crippen molar-refractivity contribution in [2.24, 2.45) is 0 Å². The smallest absolute Gasteiger partial charge is 0.446 e. The van der Waals surface area contributed by atoms with E-state index >= 15 is 0 Å². The van der Waals surface area contributed by atoms with Crippen LogP contribution >= 0.6 is 35.0 Å². The summed E-state index contributed by atoms with van der Waals surface area (Å²) < 4.78 is 42.9. The monoisotopic (exact) mass is 410 g/mol. The van der Waals surface area contributed by atoms with E-state index in [2.05, 4.69) is 15.2 Å². The minimum Gasteiger partial charge on any atom is -0.453 e. The molecule has 2 rings (SSSR count). The molecule has 6 nitrogen and oxygen atoms in total. The van der Waals surface area contributed by atoms with Crippen LogP contribution in [0.25, 0.3) is 5.69 Å². The minimum absolute atomic E-state index is 0.00256. The second-order valence-corrected chi connectivity index (χ2v) is 6.28. The van der Waals surface area contributed by atoms with Crippen LogP contribution in [-0.4, -0.2) is 28.5 Å². The van der Waals surface area contributed by atoms with E-state index in [0.717, 1.165) is 30.1 Å². The molecule has 0 aliphatic rings. The van der Waals surface area contributed by atoms with E-state index in [1.807, 2.05) is 0 Å². The average Bonchev–Trinajstić information content (AvgIpc) is 2.87. The third-order valence-corrected chi connectivity index (χ3v) is 4.01. The zero-order chi connectivity index (χ0) is 18.8. The number of amides is 1. The van der Waals surface area contributed by atoms with E-state index in [1.165, 1.54) is 0 Å². The van der Waals surface area contributed by atoms with Crippen LogP contribution in [0.2, 0.25) is 10.0 Å². The predicted molar refractivity (Wildman–Crippen MR) is 86.2 cm³/mol. The van der Waals surface area contributed by atoms with Crippen LogP contribution in [0.1, 0.15) is 5.56 Å². The molecule has 0 unspecified atom stereocenters. The van der Waals surface area contributed by atoms with Crippen LogP contribution in [-0.2, 0) is 4.74 Å². The van der Waals surface area contributed by atoms with Crippen LogP contribution in [0.15, 0.2) is 23.2 Å². The molecule has 132 valence electrons. The number of benzene rings is 1. The summed E-state index contributed by atoms with van der Waals surface area (Å²) in [6.45, 7) is 0. The number of anilines is 1. The van der Waals surface area contributed by atoms with Gasteiger partial charge in [0.2, 0.25) is 0 Å². The standard InChI is InChI=1S/C13H7Cl2F3N4O2S/c1-24-12(23)21-11-6(4-19)5-20-22(11)10-8(14)2-7(3-9(10)15)25-13(16,17)18/h2-3,5H,1H3,(H,21,23). The molecule has 1 amide bonds. The van der Waals surface area contributed by atoms with Crippen LogP contribution in [0.5, 0.6) is 0 Å². The predicted octanol–water partition coefficient (Wildman–Crippen LogP) is 4.84. The summed E-state index contributed by atoms with van der Waals surface area (Å²) in [5.74, 6) is -0.0885. The average molecular weight is 411 g/mol. The summed E-state index contributed by atoms with van der Waals surface area (Å²) in [6, 6.07) is 3.91. The van der Waals surface area contributed by atoms with Gasteiger partial charge in [-0.05, 0) is 23.9 Å². The molecule has 0 saturated heterocycles. The van der Waals surface area contributed by atoms with Crippen molar-refractivity contribution in [1.29, 1.82) is 5.26 Å². The maximum Gasteiger partial charge on any atom is 0.446 e. The number of methoxy groups -OCH3 is 1. The number of alkyl halides is 3. The van der Waals surface area contributed by atoms with Gasteiger partial charge in [0, 0.05) is 4.90 Å². The van der Waals surface area contributed by atoms with E-state index in [1.54, 1.807) is 6.07 Å². The van der Waals surface area contributed by atoms with Crippen molar-refractivity contribution < 1.29 is 22.7 Å². The van der Waals surface area contributed by atoms with Crippen molar-refractivity contribution in [3.63, 3.8) is 0 Å². The Kier molecular flexibility index (Phi) is 5.72. The number of nitriles is 1. The lowest BCUT2D eigenvalue weighted by Crippen LogP contribution is -2.15. The molecule has 0 fully saturated rings. The molecule has 1 aromatic carbocycles. The first-order valence-electron chi connectivity index (χ1n) is 6.24. The Balaban J connectivity index is 2.54. The van der Waals surface area contributed by atoms with Crippen molar-refractivity contribution in [3.8, 4) is 11.8 Å². The first kappa shape index (κ1) is 19.2. The zero-order valence-electron chi connectivity index (χ0n) is 12.2. The first-order chi connectivity index (χ1) is 11.7. The van der Waals surface area contributed by atoms with Gasteiger partial charge in [0.1, 0.15) is 17.3 Å². The van der Waals surface area contributed by atoms with Gasteiger partial charge in [0.25, 0.3) is 0 Å². The number of carbonyl (C=O) groups is 1. The fourth-order valence-corrected chi connectivity index (χ4v) is 3.20. The molecular formula is C13H7Cl2F3N4O2S. The number of carbonyl (C=O) groups excluding carboxylic acids is 1. The largest absolute Gasteiger partial charge is 0.453 e. The van der Waals surface area contributed by atoms with Gasteiger partial charge < -0.3 is 4.74 Å². The van der Waals surface area contributed by atoms with Crippen molar-refractivity contribution >= 4 is 46.9 Å². The van der Waals surface area contributed by atoms with Crippen LogP contribution in [0, 0.1) is 11.3 Å². The second kappa shape index (κ2) is 7.43. The summed E-state index contributed by atoms with van der Waals surface area (Å²) in [4.78, 5) is 11.2. The molecule has 25 heavy (non-hydrogen) atoms. The van der Waals surface area contributed by atoms with E-state index < -0.39 is 11.6 Å². The highest BCUT2D eigenvalue weighted by atomic mass is 35.5. The van der Waals surface area contributed by atoms with Crippen LogP contribution < -0.4 is 5.32 Å². The molecule has 1 N–H and O–H groups in total. The number of hydrogen-bond donors (Lipinski definition) is 1. The molecule has 0 aliphatic heterocycles. The number of nitrogens with one attached hydrogen (secondary N) is 1. The Hall–Kier alpha value is -2.09. The van der Waals surface area contributed by atoms with E-state index in [4.69, 9.17) is 28.5 Å². The second-order valence-electron chi connectivity index (χ2n) is 4.33. The third-order valence-electron chi connectivity index (χ3n) is 2.73. The number of nitrogens with zero attached hydrogens (tertiary/aromatic N) is 3. The highest BCUT2D eigenvalue weighted by Gasteiger charge is 2.30. The number of aromatic nitrogens is 2. The Morgan fingerprint density at radius 3 is 2.48 bits per heavy atom. The maximum absolute atomic E-state index is 12.5. The summed E-state index contributed by atoms with van der Waals surface area (Å²) in [7, 11) is 1.12. The molecule has 0 spiro atoms. The minimum atomic E-state index is -4.51. The number of ether oxygens (including phenoxy) is 1. The van der Waals surface area contributed by atoms with Gasteiger partial charge in [-0.25, -0.2) is 9.48 Å². The van der Waals surface area contributed by atoms with Gasteiger partial charge in [-0.1, -0.05) is 23.2 Å². The van der Waals surface area contributed by atoms with E-state index in [9.17, 15) is 18.0 Å². The van der Waals surface area contributed by atoms with E-state index in [-0.39, 0.29) is 43.8 Å². The van der Waals surface area contributed by atoms with Gasteiger partial charge in [-0.15, -0.1) is 0 Å². The van der Waals surface area contributed by atoms with Crippen molar-refractivity contribution in [2.45, 2.75) is 10.4 Å². The van der Waals surface area contributed by atoms with Crippen molar-refractivity contribution in [3.05, 3.63) is 33.9 Å². The molecule has 12 heteroatoms. The Bertz CT molecular complexity index is 841. The lowest BCUT2D eigenvalue weighted by Gasteiger charge is -2.14. The molecule has 0 atom stereocenters. The van der Waals surface area contributed by atoms with Gasteiger partial charge in [0.05, 0.1) is 23.4 Å². The van der Waals surface area contributed by atoms with Crippen LogP contribution in [0.4, 0.5) is 23.8 Å². The Morgan fingerprint density at radius 1 is 1.40 bits per heavy atom. The highest BCUT2D eigenvalue weighted by Crippen LogP contribution is 2.41. The maximum atomic E-state index is 12.5. The molecule has 0 saturated carbocycles. The number of halogens is 5. The zero-order valence-corrected chi connectivity index (χ0v) is 14.5. The van der Waals surface area contributed by atoms with E-state index in [0.29, 0.717) is 0 Å². The van der Waals surface area contributed by atoms with Gasteiger partial charge in [-0.3, -0.25) is 5.32 Å². The molecular weight excluding hydrogens is 404 g/mol. The van der Waals surface area contributed by atoms with Crippen molar-refractivity contribution in [1.82, 2.24) is 9.78 Å².